The fourth-order valence-corrected chi connectivity index (χ4v) is 4.32. The van der Waals surface area contributed by atoms with Crippen LogP contribution in [0.1, 0.15) is 21.5 Å². The summed E-state index contributed by atoms with van der Waals surface area (Å²) in [6.07, 6.45) is 1.51. The van der Waals surface area contributed by atoms with Gasteiger partial charge in [0, 0.05) is 62.0 Å². The molecular formula is C27H32ClN3O5. The van der Waals surface area contributed by atoms with E-state index >= 15 is 0 Å². The smallest absolute Gasteiger partial charge is 0.259 e. The van der Waals surface area contributed by atoms with Crippen LogP contribution in [-0.4, -0.2) is 80.5 Å². The molecular weight excluding hydrogens is 482 g/mol. The lowest BCUT2D eigenvalue weighted by atomic mass is 10.1. The highest BCUT2D eigenvalue weighted by molar-refractivity contribution is 6.30. The average Bonchev–Trinajstić information content (AvgIpc) is 2.90. The molecule has 3 aromatic rings. The van der Waals surface area contributed by atoms with Crippen LogP contribution in [0.25, 0.3) is 10.9 Å². The molecule has 1 fully saturated rings. The van der Waals surface area contributed by atoms with Gasteiger partial charge in [-0.15, -0.1) is 0 Å². The van der Waals surface area contributed by atoms with Crippen LogP contribution in [0.5, 0.6) is 0 Å². The van der Waals surface area contributed by atoms with Gasteiger partial charge < -0.3 is 24.1 Å². The van der Waals surface area contributed by atoms with Crippen LogP contribution in [-0.2, 0) is 27.3 Å². The summed E-state index contributed by atoms with van der Waals surface area (Å²) < 4.78 is 16.0. The van der Waals surface area contributed by atoms with Crippen LogP contribution >= 0.6 is 11.6 Å². The third kappa shape index (κ3) is 6.93. The number of nitrogens with one attached hydrogen (secondary N) is 1. The molecule has 4 rings (SSSR count). The van der Waals surface area contributed by atoms with Crippen molar-refractivity contribution < 1.29 is 19.0 Å². The number of methoxy groups -OCH3 is 1. The molecule has 0 spiro atoms. The molecule has 1 saturated heterocycles. The number of morpholine rings is 1. The van der Waals surface area contributed by atoms with Crippen LogP contribution in [0, 0.1) is 0 Å². The highest BCUT2D eigenvalue weighted by atomic mass is 35.5. The number of hydrogen-bond acceptors (Lipinski definition) is 6. The van der Waals surface area contributed by atoms with Crippen LogP contribution < -0.4 is 5.43 Å². The highest BCUT2D eigenvalue weighted by Gasteiger charge is 2.21. The van der Waals surface area contributed by atoms with Gasteiger partial charge in [-0.1, -0.05) is 29.8 Å². The molecule has 1 amide bonds. The number of benzene rings is 2. The molecule has 1 aliphatic heterocycles. The van der Waals surface area contributed by atoms with Gasteiger partial charge in [0.1, 0.15) is 5.56 Å². The van der Waals surface area contributed by atoms with E-state index in [2.05, 4.69) is 9.88 Å². The Morgan fingerprint density at radius 1 is 1.08 bits per heavy atom. The van der Waals surface area contributed by atoms with Crippen molar-refractivity contribution >= 4 is 28.4 Å². The molecule has 0 saturated carbocycles. The number of aromatic amines is 1. The molecule has 2 heterocycles. The largest absolute Gasteiger partial charge is 0.382 e. The highest BCUT2D eigenvalue weighted by Crippen LogP contribution is 2.16. The first-order valence-electron chi connectivity index (χ1n) is 12.1. The maximum atomic E-state index is 13.6. The molecule has 1 aromatic heterocycles. The molecule has 36 heavy (non-hydrogen) atoms. The summed E-state index contributed by atoms with van der Waals surface area (Å²) in [5.74, 6) is -0.345. The van der Waals surface area contributed by atoms with E-state index in [1.165, 1.54) is 6.20 Å². The van der Waals surface area contributed by atoms with E-state index in [1.807, 2.05) is 30.3 Å². The normalized spacial score (nSPS) is 14.3. The summed E-state index contributed by atoms with van der Waals surface area (Å²) in [7, 11) is 1.61. The monoisotopic (exact) mass is 513 g/mol. The number of rotatable bonds is 11. The molecule has 192 valence electrons. The zero-order valence-corrected chi connectivity index (χ0v) is 21.3. The lowest BCUT2D eigenvalue weighted by molar-refractivity contribution is 0.0342. The number of carbonyl (C=O) groups is 1. The number of amides is 1. The Balaban J connectivity index is 1.56. The van der Waals surface area contributed by atoms with Gasteiger partial charge in [-0.25, -0.2) is 0 Å². The Labute approximate surface area is 215 Å². The molecule has 0 atom stereocenters. The minimum atomic E-state index is -0.345. The minimum absolute atomic E-state index is 0.108. The third-order valence-corrected chi connectivity index (χ3v) is 6.45. The Morgan fingerprint density at radius 2 is 1.83 bits per heavy atom. The fraction of sp³-hybridized carbons (Fsp3) is 0.407. The van der Waals surface area contributed by atoms with Crippen LogP contribution in [0.2, 0.25) is 5.02 Å². The lowest BCUT2D eigenvalue weighted by Gasteiger charge is -2.26. The summed E-state index contributed by atoms with van der Waals surface area (Å²) in [6.45, 7) is 5.79. The van der Waals surface area contributed by atoms with E-state index in [1.54, 1.807) is 24.1 Å². The molecule has 0 aliphatic carbocycles. The zero-order valence-electron chi connectivity index (χ0n) is 20.5. The quantitative estimate of drug-likeness (QED) is 0.396. The summed E-state index contributed by atoms with van der Waals surface area (Å²) in [6, 6.07) is 13.1. The average molecular weight is 514 g/mol. The molecule has 8 nitrogen and oxygen atoms in total. The maximum Gasteiger partial charge on any atom is 0.259 e. The van der Waals surface area contributed by atoms with Crippen LogP contribution in [0.15, 0.2) is 53.5 Å². The van der Waals surface area contributed by atoms with Crippen molar-refractivity contribution in [2.24, 2.45) is 0 Å². The Kier molecular flexibility index (Phi) is 9.49. The van der Waals surface area contributed by atoms with Gasteiger partial charge >= 0.3 is 0 Å². The van der Waals surface area contributed by atoms with E-state index < -0.39 is 0 Å². The number of nitrogens with zero attached hydrogens (tertiary/aromatic N) is 2. The van der Waals surface area contributed by atoms with E-state index in [0.717, 1.165) is 30.8 Å². The predicted molar refractivity (Wildman–Crippen MR) is 140 cm³/mol. The number of ether oxygens (including phenoxy) is 3. The molecule has 1 aliphatic rings. The molecule has 0 unspecified atom stereocenters. The number of fused-ring (bicyclic) bond motifs is 1. The number of H-pyrrole nitrogens is 1. The first-order chi connectivity index (χ1) is 17.5. The predicted octanol–water partition coefficient (Wildman–Crippen LogP) is 3.32. The first kappa shape index (κ1) is 26.3. The van der Waals surface area contributed by atoms with Crippen molar-refractivity contribution in [3.8, 4) is 0 Å². The molecule has 9 heteroatoms. The first-order valence-corrected chi connectivity index (χ1v) is 12.5. The maximum absolute atomic E-state index is 13.6. The summed E-state index contributed by atoms with van der Waals surface area (Å²) in [5.41, 5.74) is 2.48. The lowest BCUT2D eigenvalue weighted by Crippen LogP contribution is -2.36. The van der Waals surface area contributed by atoms with Gasteiger partial charge in [-0.3, -0.25) is 14.5 Å². The van der Waals surface area contributed by atoms with Gasteiger partial charge in [-0.2, -0.15) is 0 Å². The van der Waals surface area contributed by atoms with Gasteiger partial charge in [-0.05, 0) is 35.4 Å². The van der Waals surface area contributed by atoms with E-state index in [9.17, 15) is 9.59 Å². The molecule has 0 bridgehead atoms. The van der Waals surface area contributed by atoms with Crippen molar-refractivity contribution in [3.05, 3.63) is 80.6 Å². The van der Waals surface area contributed by atoms with Crippen molar-refractivity contribution in [2.45, 2.75) is 13.1 Å². The number of hydrogen-bond donors (Lipinski definition) is 1. The van der Waals surface area contributed by atoms with E-state index in [0.29, 0.717) is 62.0 Å². The van der Waals surface area contributed by atoms with Gasteiger partial charge in [0.25, 0.3) is 5.91 Å². The van der Waals surface area contributed by atoms with Crippen molar-refractivity contribution in [1.29, 1.82) is 0 Å². The molecule has 1 N–H and O–H groups in total. The zero-order chi connectivity index (χ0) is 25.3. The molecule has 2 aromatic carbocycles. The molecule has 0 radical (unpaired) electrons. The van der Waals surface area contributed by atoms with Crippen molar-refractivity contribution in [2.75, 3.05) is 59.8 Å². The van der Waals surface area contributed by atoms with Gasteiger partial charge in [0.05, 0.1) is 33.0 Å². The second-order valence-corrected chi connectivity index (χ2v) is 9.19. The van der Waals surface area contributed by atoms with Crippen molar-refractivity contribution in [3.63, 3.8) is 0 Å². The standard InChI is InChI=1S/C27H32ClN3O5/c1-34-14-15-36-13-10-31(19-20-2-5-22(28)6-3-20)27(33)24-17-29-25-7-4-21(16-23(25)26(24)32)18-30-8-11-35-12-9-30/h2-7,16-17H,8-15,18-19H2,1H3,(H,29,32). The minimum Gasteiger partial charge on any atom is -0.382 e. The second kappa shape index (κ2) is 13.0. The Hall–Kier alpha value is -2.75. The SMILES string of the molecule is COCCOCCN(Cc1ccc(Cl)cc1)C(=O)c1c[nH]c2ccc(CN3CCOCC3)cc2c1=O. The number of halogens is 1. The fourth-order valence-electron chi connectivity index (χ4n) is 4.19. The second-order valence-electron chi connectivity index (χ2n) is 8.76. The van der Waals surface area contributed by atoms with Crippen LogP contribution in [0.3, 0.4) is 0 Å². The topological polar surface area (TPSA) is 84.1 Å². The summed E-state index contributed by atoms with van der Waals surface area (Å²) in [5, 5.41) is 1.13. The summed E-state index contributed by atoms with van der Waals surface area (Å²) in [4.78, 5) is 34.1. The number of carbonyl (C=O) groups excluding carboxylic acids is 1. The Bertz CT molecular complexity index is 1210. The van der Waals surface area contributed by atoms with E-state index in [-0.39, 0.29) is 16.9 Å². The third-order valence-electron chi connectivity index (χ3n) is 6.20. The van der Waals surface area contributed by atoms with Gasteiger partial charge in [0.15, 0.2) is 0 Å². The Morgan fingerprint density at radius 3 is 2.58 bits per heavy atom. The van der Waals surface area contributed by atoms with Crippen molar-refractivity contribution in [1.82, 2.24) is 14.8 Å². The number of pyridine rings is 1. The van der Waals surface area contributed by atoms with Gasteiger partial charge in [0.2, 0.25) is 5.43 Å². The summed E-state index contributed by atoms with van der Waals surface area (Å²) >= 11 is 6.02. The number of aromatic nitrogens is 1. The van der Waals surface area contributed by atoms with E-state index in [4.69, 9.17) is 25.8 Å². The van der Waals surface area contributed by atoms with Crippen LogP contribution in [0.4, 0.5) is 0 Å².